The molecule has 0 N–H and O–H groups in total. The van der Waals surface area contributed by atoms with Crippen molar-refractivity contribution in [2.45, 2.75) is 12.8 Å². The van der Waals surface area contributed by atoms with Crippen LogP contribution in [-0.2, 0) is 6.42 Å². The number of allylic oxidation sites excluding steroid dienone is 1. The lowest BCUT2D eigenvalue weighted by atomic mass is 9.98. The average molecular weight is 668 g/mol. The van der Waals surface area contributed by atoms with E-state index < -0.39 is 0 Å². The minimum absolute atomic E-state index is 0.713. The molecule has 0 amide bonds. The summed E-state index contributed by atoms with van der Waals surface area (Å²) in [7, 11) is 0. The molecule has 0 unspecified atom stereocenters. The van der Waals surface area contributed by atoms with E-state index in [0.29, 0.717) is 5.95 Å². The van der Waals surface area contributed by atoms with Crippen LogP contribution in [0.15, 0.2) is 138 Å². The smallest absolute Gasteiger partial charge is 0.235 e. The number of benzene rings is 6. The Hall–Kier alpha value is -5.52. The molecule has 0 saturated carbocycles. The summed E-state index contributed by atoms with van der Waals surface area (Å²) in [5.74, 6) is 0.713. The molecule has 47 heavy (non-hydrogen) atoms. The molecular weight excluding hydrogens is 640 g/mol. The molecule has 1 aliphatic rings. The number of aryl methyl sites for hydroxylation is 1. The largest absolute Gasteiger partial charge is 0.309 e. The van der Waals surface area contributed by atoms with Gasteiger partial charge in [-0.05, 0) is 66.8 Å². The van der Waals surface area contributed by atoms with Gasteiger partial charge in [-0.15, -0.1) is 0 Å². The molecule has 0 radical (unpaired) electrons. The van der Waals surface area contributed by atoms with Crippen LogP contribution in [0.4, 0.5) is 0 Å². The first-order valence-corrected chi connectivity index (χ1v) is 16.8. The second kappa shape index (κ2) is 10.2. The van der Waals surface area contributed by atoms with Gasteiger partial charge in [0.2, 0.25) is 5.95 Å². The third-order valence-electron chi connectivity index (χ3n) is 9.61. The molecule has 0 aliphatic heterocycles. The van der Waals surface area contributed by atoms with Gasteiger partial charge in [0.15, 0.2) is 0 Å². The highest BCUT2D eigenvalue weighted by atomic mass is 79.9. The Balaban J connectivity index is 1.37. The summed E-state index contributed by atoms with van der Waals surface area (Å²) < 4.78 is 5.73. The first-order valence-electron chi connectivity index (χ1n) is 16.0. The van der Waals surface area contributed by atoms with Crippen molar-refractivity contribution in [2.75, 3.05) is 0 Å². The summed E-state index contributed by atoms with van der Waals surface area (Å²) in [5, 5.41) is 7.34. The van der Waals surface area contributed by atoms with E-state index in [1.807, 2.05) is 0 Å². The Morgan fingerprint density at radius 2 is 1.26 bits per heavy atom. The number of para-hydroxylation sites is 2. The van der Waals surface area contributed by atoms with Crippen molar-refractivity contribution < 1.29 is 0 Å². The highest BCUT2D eigenvalue weighted by Gasteiger charge is 2.23. The van der Waals surface area contributed by atoms with Gasteiger partial charge >= 0.3 is 0 Å². The normalized spacial score (nSPS) is 13.0. The first-order chi connectivity index (χ1) is 23.2. The summed E-state index contributed by atoms with van der Waals surface area (Å²) in [6.07, 6.45) is 6.31. The van der Waals surface area contributed by atoms with Crippen molar-refractivity contribution in [3.63, 3.8) is 0 Å². The molecule has 3 heterocycles. The van der Waals surface area contributed by atoms with Crippen molar-refractivity contribution in [1.29, 1.82) is 0 Å². The number of hydrogen-bond acceptors (Lipinski definition) is 2. The highest BCUT2D eigenvalue weighted by Crippen LogP contribution is 2.44. The van der Waals surface area contributed by atoms with E-state index in [2.05, 4.69) is 165 Å². The number of aromatic nitrogens is 4. The SMILES string of the molecule is Brc1ccc2c(c1)c1c3c(ccc1n2-c1ccccc1)ccc1c3c2ccccc2n1-c1nc2c(c(-c3ccccc3)n1)C=CCC2. The fourth-order valence-electron chi connectivity index (χ4n) is 7.63. The molecule has 6 aromatic carbocycles. The lowest BCUT2D eigenvalue weighted by molar-refractivity contribution is 0.877. The van der Waals surface area contributed by atoms with Gasteiger partial charge in [0.25, 0.3) is 0 Å². The van der Waals surface area contributed by atoms with Gasteiger partial charge < -0.3 is 4.57 Å². The predicted molar refractivity (Wildman–Crippen MR) is 199 cm³/mol. The summed E-state index contributed by atoms with van der Waals surface area (Å²) in [4.78, 5) is 10.6. The van der Waals surface area contributed by atoms with Crippen LogP contribution in [0.2, 0.25) is 0 Å². The topological polar surface area (TPSA) is 35.6 Å². The lowest BCUT2D eigenvalue weighted by Gasteiger charge is -2.17. The standard InChI is InChI=1S/C42H27BrN4/c43-28-21-24-35-32(25-28)40-36(46(35)29-13-5-2-6-14-29)22-19-26-20-23-37-39(38(26)40)31-16-8-10-18-34(31)47(37)42-44-33-17-9-7-15-30(33)41(45-42)27-11-3-1-4-12-27/h1-8,10-16,18-25H,9,17H2. The van der Waals surface area contributed by atoms with E-state index in [4.69, 9.17) is 9.97 Å². The molecule has 3 aromatic heterocycles. The third kappa shape index (κ3) is 3.93. The predicted octanol–water partition coefficient (Wildman–Crippen LogP) is 11.2. The Kier molecular flexibility index (Phi) is 5.81. The maximum absolute atomic E-state index is 5.34. The van der Waals surface area contributed by atoms with Crippen molar-refractivity contribution in [1.82, 2.24) is 19.1 Å². The third-order valence-corrected chi connectivity index (χ3v) is 10.1. The molecule has 10 rings (SSSR count). The average Bonchev–Trinajstić information content (AvgIpc) is 3.64. The molecule has 222 valence electrons. The van der Waals surface area contributed by atoms with E-state index in [0.717, 1.165) is 56.5 Å². The van der Waals surface area contributed by atoms with Gasteiger partial charge in [-0.25, -0.2) is 9.97 Å². The van der Waals surface area contributed by atoms with Crippen LogP contribution in [0, 0.1) is 0 Å². The summed E-state index contributed by atoms with van der Waals surface area (Å²) in [5.41, 5.74) is 10.0. The number of hydrogen-bond donors (Lipinski definition) is 0. The zero-order chi connectivity index (χ0) is 31.1. The fourth-order valence-corrected chi connectivity index (χ4v) is 7.99. The van der Waals surface area contributed by atoms with Crippen LogP contribution in [0.1, 0.15) is 17.7 Å². The lowest BCUT2D eigenvalue weighted by Crippen LogP contribution is -2.09. The van der Waals surface area contributed by atoms with Crippen molar-refractivity contribution in [3.8, 4) is 22.9 Å². The van der Waals surface area contributed by atoms with Crippen LogP contribution < -0.4 is 0 Å². The van der Waals surface area contributed by atoms with Crippen molar-refractivity contribution >= 4 is 76.4 Å². The molecule has 0 fully saturated rings. The monoisotopic (exact) mass is 666 g/mol. The molecule has 4 nitrogen and oxygen atoms in total. The van der Waals surface area contributed by atoms with Gasteiger partial charge in [0.05, 0.1) is 33.5 Å². The van der Waals surface area contributed by atoms with Gasteiger partial charge in [-0.1, -0.05) is 107 Å². The van der Waals surface area contributed by atoms with E-state index in [-0.39, 0.29) is 0 Å². The first kappa shape index (κ1) is 26.7. The van der Waals surface area contributed by atoms with E-state index in [9.17, 15) is 0 Å². The van der Waals surface area contributed by atoms with Crippen LogP contribution in [0.3, 0.4) is 0 Å². The minimum atomic E-state index is 0.713. The fraction of sp³-hybridized carbons (Fsp3) is 0.0476. The van der Waals surface area contributed by atoms with E-state index in [1.54, 1.807) is 0 Å². The van der Waals surface area contributed by atoms with Crippen LogP contribution >= 0.6 is 15.9 Å². The Labute approximate surface area is 279 Å². The molecule has 0 saturated heterocycles. The molecule has 1 aliphatic carbocycles. The minimum Gasteiger partial charge on any atom is -0.309 e. The molecule has 9 aromatic rings. The Morgan fingerprint density at radius 1 is 0.574 bits per heavy atom. The molecule has 0 bridgehead atoms. The molecule has 5 heteroatoms. The van der Waals surface area contributed by atoms with Gasteiger partial charge in [0, 0.05) is 48.2 Å². The molecule has 0 atom stereocenters. The second-order valence-corrected chi connectivity index (χ2v) is 13.2. The second-order valence-electron chi connectivity index (χ2n) is 12.2. The molecule has 0 spiro atoms. The van der Waals surface area contributed by atoms with Gasteiger partial charge in [-0.2, -0.15) is 0 Å². The Bertz CT molecular complexity index is 2740. The van der Waals surface area contributed by atoms with Crippen molar-refractivity contribution in [3.05, 3.63) is 149 Å². The quantitative estimate of drug-likeness (QED) is 0.188. The summed E-state index contributed by atoms with van der Waals surface area (Å²) >= 11 is 3.79. The van der Waals surface area contributed by atoms with Gasteiger partial charge in [-0.3, -0.25) is 4.57 Å². The van der Waals surface area contributed by atoms with E-state index >= 15 is 0 Å². The number of halogens is 1. The molecular formula is C42H27BrN4. The van der Waals surface area contributed by atoms with Crippen LogP contribution in [-0.4, -0.2) is 19.1 Å². The maximum Gasteiger partial charge on any atom is 0.235 e. The van der Waals surface area contributed by atoms with Crippen molar-refractivity contribution in [2.24, 2.45) is 0 Å². The number of rotatable bonds is 3. The number of fused-ring (bicyclic) bond motifs is 10. The highest BCUT2D eigenvalue weighted by molar-refractivity contribution is 9.10. The zero-order valence-electron chi connectivity index (χ0n) is 25.4. The summed E-state index contributed by atoms with van der Waals surface area (Å²) in [6, 6.07) is 45.6. The number of nitrogens with zero attached hydrogens (tertiary/aromatic N) is 4. The van der Waals surface area contributed by atoms with E-state index in [1.165, 1.54) is 43.4 Å². The van der Waals surface area contributed by atoms with Gasteiger partial charge in [0.1, 0.15) is 0 Å². The van der Waals surface area contributed by atoms with Crippen LogP contribution in [0.5, 0.6) is 0 Å². The Morgan fingerprint density at radius 3 is 2.09 bits per heavy atom. The zero-order valence-corrected chi connectivity index (χ0v) is 26.9. The van der Waals surface area contributed by atoms with Crippen LogP contribution in [0.25, 0.3) is 83.4 Å². The maximum atomic E-state index is 5.34. The summed E-state index contributed by atoms with van der Waals surface area (Å²) in [6.45, 7) is 0.